The van der Waals surface area contributed by atoms with Crippen LogP contribution in [0.2, 0.25) is 0 Å². The van der Waals surface area contributed by atoms with Crippen molar-refractivity contribution in [2.45, 2.75) is 25.9 Å². The van der Waals surface area contributed by atoms with E-state index in [0.717, 1.165) is 24.2 Å². The van der Waals surface area contributed by atoms with Gasteiger partial charge in [0.15, 0.2) is 0 Å². The van der Waals surface area contributed by atoms with Crippen LogP contribution in [0.5, 0.6) is 0 Å². The number of carboxylic acids is 1. The van der Waals surface area contributed by atoms with E-state index in [2.05, 4.69) is 10.3 Å². The quantitative estimate of drug-likeness (QED) is 0.847. The number of nitrogens with one attached hydrogen (secondary N) is 1. The van der Waals surface area contributed by atoms with Crippen molar-refractivity contribution < 1.29 is 9.90 Å². The van der Waals surface area contributed by atoms with Crippen LogP contribution in [0.1, 0.15) is 29.5 Å². The fourth-order valence-corrected chi connectivity index (χ4v) is 1.92. The summed E-state index contributed by atoms with van der Waals surface area (Å²) in [5.41, 5.74) is 3.16. The minimum atomic E-state index is -0.798. The van der Waals surface area contributed by atoms with Gasteiger partial charge >= 0.3 is 5.97 Å². The first-order valence-corrected chi connectivity index (χ1v) is 6.58. The van der Waals surface area contributed by atoms with Gasteiger partial charge in [-0.3, -0.25) is 9.78 Å². The van der Waals surface area contributed by atoms with Gasteiger partial charge in [-0.1, -0.05) is 24.3 Å². The van der Waals surface area contributed by atoms with Crippen molar-refractivity contribution in [1.82, 2.24) is 10.3 Å². The van der Waals surface area contributed by atoms with E-state index in [9.17, 15) is 4.79 Å². The van der Waals surface area contributed by atoms with Gasteiger partial charge in [0, 0.05) is 25.5 Å². The second-order valence-corrected chi connectivity index (χ2v) is 4.76. The molecule has 4 heteroatoms. The van der Waals surface area contributed by atoms with Gasteiger partial charge in [-0.2, -0.15) is 0 Å². The third-order valence-corrected chi connectivity index (χ3v) is 3.26. The third-order valence-electron chi connectivity index (χ3n) is 3.26. The van der Waals surface area contributed by atoms with Crippen molar-refractivity contribution in [3.8, 4) is 0 Å². The molecule has 0 spiro atoms. The number of rotatable bonds is 6. The molecule has 2 N–H and O–H groups in total. The Morgan fingerprint density at radius 2 is 1.65 bits per heavy atom. The van der Waals surface area contributed by atoms with E-state index >= 15 is 0 Å². The van der Waals surface area contributed by atoms with E-state index < -0.39 is 11.9 Å². The predicted molar refractivity (Wildman–Crippen MR) is 77.3 cm³/mol. The highest BCUT2D eigenvalue weighted by molar-refractivity contribution is 5.75. The first kappa shape index (κ1) is 14.2. The van der Waals surface area contributed by atoms with Gasteiger partial charge in [0.25, 0.3) is 0 Å². The monoisotopic (exact) mass is 270 g/mol. The molecule has 0 radical (unpaired) electrons. The lowest BCUT2D eigenvalue weighted by molar-refractivity contribution is -0.138. The first-order chi connectivity index (χ1) is 9.66. The maximum Gasteiger partial charge on any atom is 0.310 e. The molecule has 1 aromatic heterocycles. The Morgan fingerprint density at radius 1 is 1.10 bits per heavy atom. The Hall–Kier alpha value is -2.20. The Kier molecular flexibility index (Phi) is 4.85. The number of benzene rings is 1. The van der Waals surface area contributed by atoms with Crippen LogP contribution >= 0.6 is 0 Å². The highest BCUT2D eigenvalue weighted by Crippen LogP contribution is 2.16. The molecule has 1 aromatic carbocycles. The van der Waals surface area contributed by atoms with Crippen LogP contribution in [-0.2, 0) is 17.9 Å². The van der Waals surface area contributed by atoms with Crippen LogP contribution in [0.3, 0.4) is 0 Å². The number of hydrogen-bond acceptors (Lipinski definition) is 3. The van der Waals surface area contributed by atoms with Crippen LogP contribution in [0.4, 0.5) is 0 Å². The minimum Gasteiger partial charge on any atom is -0.481 e. The molecule has 0 aliphatic carbocycles. The second-order valence-electron chi connectivity index (χ2n) is 4.76. The van der Waals surface area contributed by atoms with E-state index in [4.69, 9.17) is 5.11 Å². The highest BCUT2D eigenvalue weighted by Gasteiger charge is 2.12. The van der Waals surface area contributed by atoms with Crippen LogP contribution < -0.4 is 5.32 Å². The average Bonchev–Trinajstić information content (AvgIpc) is 2.48. The van der Waals surface area contributed by atoms with Crippen LogP contribution in [0, 0.1) is 0 Å². The van der Waals surface area contributed by atoms with Gasteiger partial charge in [-0.25, -0.2) is 0 Å². The standard InChI is InChI=1S/C16H18N2O2/c1-12(16(19)20)15-4-2-13(3-5-15)10-18-11-14-6-8-17-9-7-14/h2-9,12,18H,10-11H2,1H3,(H,19,20). The van der Waals surface area contributed by atoms with Crippen molar-refractivity contribution in [2.75, 3.05) is 0 Å². The summed E-state index contributed by atoms with van der Waals surface area (Å²) >= 11 is 0. The Balaban J connectivity index is 1.86. The van der Waals surface area contributed by atoms with Gasteiger partial charge in [-0.05, 0) is 35.7 Å². The smallest absolute Gasteiger partial charge is 0.310 e. The molecule has 1 atom stereocenters. The summed E-state index contributed by atoms with van der Waals surface area (Å²) in [4.78, 5) is 14.9. The Bertz CT molecular complexity index is 552. The van der Waals surface area contributed by atoms with Crippen molar-refractivity contribution in [1.29, 1.82) is 0 Å². The maximum atomic E-state index is 10.9. The molecule has 4 nitrogen and oxygen atoms in total. The fourth-order valence-electron chi connectivity index (χ4n) is 1.92. The van der Waals surface area contributed by atoms with Crippen LogP contribution in [0.15, 0.2) is 48.8 Å². The molecule has 104 valence electrons. The molecule has 2 rings (SSSR count). The molecular weight excluding hydrogens is 252 g/mol. The lowest BCUT2D eigenvalue weighted by atomic mass is 10.00. The molecular formula is C16H18N2O2. The minimum absolute atomic E-state index is 0.464. The van der Waals surface area contributed by atoms with Gasteiger partial charge in [0.1, 0.15) is 0 Å². The highest BCUT2D eigenvalue weighted by atomic mass is 16.4. The van der Waals surface area contributed by atoms with Gasteiger partial charge < -0.3 is 10.4 Å². The number of hydrogen-bond donors (Lipinski definition) is 2. The van der Waals surface area contributed by atoms with E-state index in [-0.39, 0.29) is 0 Å². The molecule has 0 aliphatic rings. The van der Waals surface area contributed by atoms with Crippen LogP contribution in [0.25, 0.3) is 0 Å². The summed E-state index contributed by atoms with van der Waals surface area (Å²) in [6.45, 7) is 3.24. The molecule has 0 saturated carbocycles. The van der Waals surface area contributed by atoms with Crippen molar-refractivity contribution in [2.24, 2.45) is 0 Å². The normalized spacial score (nSPS) is 12.1. The zero-order valence-electron chi connectivity index (χ0n) is 11.4. The fraction of sp³-hybridized carbons (Fsp3) is 0.250. The first-order valence-electron chi connectivity index (χ1n) is 6.58. The van der Waals surface area contributed by atoms with E-state index in [0.29, 0.717) is 0 Å². The number of carboxylic acid groups (broad SMARTS) is 1. The van der Waals surface area contributed by atoms with E-state index in [1.807, 2.05) is 36.4 Å². The summed E-state index contributed by atoms with van der Waals surface area (Å²) < 4.78 is 0. The number of pyridine rings is 1. The maximum absolute atomic E-state index is 10.9. The molecule has 2 aromatic rings. The summed E-state index contributed by atoms with van der Waals surface area (Å²) in [5.74, 6) is -1.26. The summed E-state index contributed by atoms with van der Waals surface area (Å²) in [5, 5.41) is 12.3. The molecule has 20 heavy (non-hydrogen) atoms. The van der Waals surface area contributed by atoms with Gasteiger partial charge in [0.2, 0.25) is 0 Å². The number of aliphatic carboxylic acids is 1. The van der Waals surface area contributed by atoms with Gasteiger partial charge in [-0.15, -0.1) is 0 Å². The number of carbonyl (C=O) groups is 1. The average molecular weight is 270 g/mol. The molecule has 1 unspecified atom stereocenters. The van der Waals surface area contributed by atoms with Crippen molar-refractivity contribution >= 4 is 5.97 Å². The lowest BCUT2D eigenvalue weighted by Crippen LogP contribution is -2.13. The largest absolute Gasteiger partial charge is 0.481 e. The predicted octanol–water partition coefficient (Wildman–Crippen LogP) is 2.56. The molecule has 0 bridgehead atoms. The van der Waals surface area contributed by atoms with E-state index in [1.165, 1.54) is 5.56 Å². The second kappa shape index (κ2) is 6.82. The van der Waals surface area contributed by atoms with Crippen molar-refractivity contribution in [3.05, 3.63) is 65.5 Å². The molecule has 0 amide bonds. The Morgan fingerprint density at radius 3 is 2.20 bits per heavy atom. The zero-order valence-corrected chi connectivity index (χ0v) is 11.4. The Labute approximate surface area is 118 Å². The zero-order chi connectivity index (χ0) is 14.4. The van der Waals surface area contributed by atoms with Crippen molar-refractivity contribution in [3.63, 3.8) is 0 Å². The van der Waals surface area contributed by atoms with E-state index in [1.54, 1.807) is 19.3 Å². The topological polar surface area (TPSA) is 62.2 Å². The number of nitrogens with zero attached hydrogens (tertiary/aromatic N) is 1. The molecule has 0 fully saturated rings. The lowest BCUT2D eigenvalue weighted by Gasteiger charge is -2.09. The SMILES string of the molecule is CC(C(=O)O)c1ccc(CNCc2ccncc2)cc1. The molecule has 0 saturated heterocycles. The third kappa shape index (κ3) is 3.90. The van der Waals surface area contributed by atoms with Gasteiger partial charge in [0.05, 0.1) is 5.92 Å². The molecule has 0 aliphatic heterocycles. The molecule has 1 heterocycles. The summed E-state index contributed by atoms with van der Waals surface area (Å²) in [7, 11) is 0. The van der Waals surface area contributed by atoms with Crippen LogP contribution in [-0.4, -0.2) is 16.1 Å². The number of aromatic nitrogens is 1. The summed E-state index contributed by atoms with van der Waals surface area (Å²) in [6.07, 6.45) is 3.55. The summed E-state index contributed by atoms with van der Waals surface area (Å²) in [6, 6.07) is 11.6.